The molecule has 11 aromatic rings. The van der Waals surface area contributed by atoms with Gasteiger partial charge in [-0.15, -0.1) is 0 Å². The first-order chi connectivity index (χ1) is 29.3. The molecule has 1 aliphatic rings. The number of rotatable bonds is 6. The first-order valence-electron chi connectivity index (χ1n) is 20.4. The Morgan fingerprint density at radius 3 is 1.66 bits per heavy atom. The Labute approximate surface area is 343 Å². The minimum Gasteiger partial charge on any atom is -0.315 e. The highest BCUT2D eigenvalue weighted by molar-refractivity contribution is 6.08. The van der Waals surface area contributed by atoms with Crippen molar-refractivity contribution >= 4 is 55.0 Å². The molecule has 0 saturated heterocycles. The van der Waals surface area contributed by atoms with Crippen molar-refractivity contribution in [3.8, 4) is 22.3 Å². The van der Waals surface area contributed by atoms with Crippen molar-refractivity contribution in [3.63, 3.8) is 0 Å². The van der Waals surface area contributed by atoms with Crippen molar-refractivity contribution in [2.24, 2.45) is 0 Å². The number of nitrogens with zero attached hydrogens (tertiary/aromatic N) is 2. The summed E-state index contributed by atoms with van der Waals surface area (Å²) in [6.07, 6.45) is 2.33. The Bertz CT molecular complexity index is 3340. The average molecular weight is 751 g/mol. The number of aromatic nitrogens is 1. The Kier molecular flexibility index (Phi) is 7.48. The number of hydrogen-bond acceptors (Lipinski definition) is 1. The minimum absolute atomic E-state index is 0.500. The summed E-state index contributed by atoms with van der Waals surface area (Å²) in [6, 6.07) is 82.6. The zero-order chi connectivity index (χ0) is 38.9. The number of hydrogen-bond donors (Lipinski definition) is 0. The van der Waals surface area contributed by atoms with Gasteiger partial charge in [0.05, 0.1) is 16.4 Å². The normalized spacial score (nSPS) is 12.9. The fourth-order valence-electron chi connectivity index (χ4n) is 10.0. The summed E-state index contributed by atoms with van der Waals surface area (Å²) in [5.74, 6) is 0. The molecule has 1 aliphatic carbocycles. The van der Waals surface area contributed by atoms with Gasteiger partial charge in [0.15, 0.2) is 0 Å². The van der Waals surface area contributed by atoms with Crippen LogP contribution in [-0.2, 0) is 5.41 Å². The maximum Gasteiger partial charge on any atom is 0.0714 e. The van der Waals surface area contributed by atoms with E-state index in [1.807, 2.05) is 0 Å². The van der Waals surface area contributed by atoms with Crippen LogP contribution in [-0.4, -0.2) is 4.40 Å². The van der Waals surface area contributed by atoms with Gasteiger partial charge in [0.1, 0.15) is 0 Å². The van der Waals surface area contributed by atoms with E-state index in [4.69, 9.17) is 0 Å². The van der Waals surface area contributed by atoms with Crippen molar-refractivity contribution in [2.45, 2.75) is 5.41 Å². The fraction of sp³-hybridized carbons (Fsp3) is 0.0175. The minimum atomic E-state index is -0.500. The van der Waals surface area contributed by atoms with Crippen molar-refractivity contribution < 1.29 is 0 Å². The lowest BCUT2D eigenvalue weighted by Gasteiger charge is -2.35. The van der Waals surface area contributed by atoms with Gasteiger partial charge in [-0.25, -0.2) is 0 Å². The van der Waals surface area contributed by atoms with Gasteiger partial charge < -0.3 is 9.30 Å². The van der Waals surface area contributed by atoms with Crippen molar-refractivity contribution in [3.05, 3.63) is 253 Å². The highest BCUT2D eigenvalue weighted by atomic mass is 15.1. The average Bonchev–Trinajstić information content (AvgIpc) is 3.79. The predicted octanol–water partition coefficient (Wildman–Crippen LogP) is 14.9. The molecular formula is C57H38N2. The quantitative estimate of drug-likeness (QED) is 0.164. The summed E-state index contributed by atoms with van der Waals surface area (Å²) in [7, 11) is 0. The zero-order valence-electron chi connectivity index (χ0n) is 32.3. The molecule has 9 aromatic carbocycles. The molecule has 276 valence electrons. The molecular weight excluding hydrogens is 713 g/mol. The maximum atomic E-state index is 2.46. The van der Waals surface area contributed by atoms with Crippen LogP contribution in [0, 0.1) is 0 Å². The summed E-state index contributed by atoms with van der Waals surface area (Å²) in [5, 5.41) is 6.07. The number of benzene rings is 9. The second-order valence-corrected chi connectivity index (χ2v) is 15.7. The van der Waals surface area contributed by atoms with Crippen LogP contribution in [0.15, 0.2) is 231 Å². The number of pyridine rings is 1. The maximum absolute atomic E-state index is 2.46. The van der Waals surface area contributed by atoms with Gasteiger partial charge in [0, 0.05) is 39.6 Å². The molecule has 59 heavy (non-hydrogen) atoms. The predicted molar refractivity (Wildman–Crippen MR) is 247 cm³/mol. The molecule has 0 bridgehead atoms. The molecule has 2 heteroatoms. The Morgan fingerprint density at radius 1 is 0.356 bits per heavy atom. The second-order valence-electron chi connectivity index (χ2n) is 15.7. The molecule has 0 amide bonds. The molecule has 0 aliphatic heterocycles. The first kappa shape index (κ1) is 33.5. The van der Waals surface area contributed by atoms with Crippen LogP contribution in [0.5, 0.6) is 0 Å². The molecule has 0 N–H and O–H groups in total. The third kappa shape index (κ3) is 5.06. The molecule has 0 unspecified atom stereocenters. The zero-order valence-corrected chi connectivity index (χ0v) is 32.3. The smallest absolute Gasteiger partial charge is 0.0714 e. The third-order valence-corrected chi connectivity index (χ3v) is 12.6. The van der Waals surface area contributed by atoms with Gasteiger partial charge in [-0.05, 0) is 104 Å². The SMILES string of the molecule is c1ccc(-c2c3ccccc3n3cc4cc(N(c5ccc6c(c5)C(c5ccccc5)(c5ccccc5)c5ccccc5-6)c5ccc6ccccc6c5)ccc4cc23)cc1. The summed E-state index contributed by atoms with van der Waals surface area (Å²) < 4.78 is 2.38. The lowest BCUT2D eigenvalue weighted by atomic mass is 9.67. The summed E-state index contributed by atoms with van der Waals surface area (Å²) in [5.41, 5.74) is 15.4. The molecule has 0 atom stereocenters. The van der Waals surface area contributed by atoms with E-state index in [1.54, 1.807) is 0 Å². The molecule has 2 nitrogen and oxygen atoms in total. The largest absolute Gasteiger partial charge is 0.315 e. The fourth-order valence-corrected chi connectivity index (χ4v) is 10.0. The van der Waals surface area contributed by atoms with E-state index in [1.165, 1.54) is 82.5 Å². The number of para-hydroxylation sites is 1. The third-order valence-electron chi connectivity index (χ3n) is 12.6. The lowest BCUT2D eigenvalue weighted by Crippen LogP contribution is -2.28. The van der Waals surface area contributed by atoms with Gasteiger partial charge in [-0.3, -0.25) is 0 Å². The molecule has 2 aromatic heterocycles. The molecule has 0 fully saturated rings. The molecule has 0 saturated carbocycles. The van der Waals surface area contributed by atoms with Crippen molar-refractivity contribution in [1.82, 2.24) is 4.40 Å². The van der Waals surface area contributed by atoms with Gasteiger partial charge in [0.25, 0.3) is 0 Å². The van der Waals surface area contributed by atoms with E-state index in [2.05, 4.69) is 240 Å². The number of fused-ring (bicyclic) bond motifs is 8. The van der Waals surface area contributed by atoms with Crippen LogP contribution in [0.4, 0.5) is 17.1 Å². The second kappa shape index (κ2) is 13.2. The highest BCUT2D eigenvalue weighted by Crippen LogP contribution is 2.57. The Balaban J connectivity index is 1.11. The van der Waals surface area contributed by atoms with E-state index < -0.39 is 5.41 Å². The van der Waals surface area contributed by atoms with E-state index in [0.717, 1.165) is 17.1 Å². The van der Waals surface area contributed by atoms with Gasteiger partial charge >= 0.3 is 0 Å². The molecule has 0 spiro atoms. The Morgan fingerprint density at radius 2 is 0.898 bits per heavy atom. The number of anilines is 3. The molecule has 12 rings (SSSR count). The van der Waals surface area contributed by atoms with E-state index >= 15 is 0 Å². The first-order valence-corrected chi connectivity index (χ1v) is 20.4. The van der Waals surface area contributed by atoms with Crippen LogP contribution >= 0.6 is 0 Å². The topological polar surface area (TPSA) is 7.65 Å². The van der Waals surface area contributed by atoms with E-state index in [0.29, 0.717) is 0 Å². The standard InChI is InChI=1S/C57H38N2/c1-4-17-40(18-5-1)56-51-25-13-15-27-54(51)58-38-43-35-47(31-29-42(43)36-55(56)58)59(46-30-28-39-16-10-11-19-41(39)34-46)48-32-33-50-49-24-12-14-26-52(49)57(53(50)37-48,44-20-6-2-7-21-44)45-22-8-3-9-23-45/h1-38H. The van der Waals surface area contributed by atoms with Crippen LogP contribution in [0.1, 0.15) is 22.3 Å². The van der Waals surface area contributed by atoms with Crippen molar-refractivity contribution in [1.29, 1.82) is 0 Å². The van der Waals surface area contributed by atoms with Gasteiger partial charge in [-0.1, -0.05) is 176 Å². The van der Waals surface area contributed by atoms with E-state index in [-0.39, 0.29) is 0 Å². The summed E-state index contributed by atoms with van der Waals surface area (Å²) in [4.78, 5) is 2.45. The van der Waals surface area contributed by atoms with Gasteiger partial charge in [0.2, 0.25) is 0 Å². The van der Waals surface area contributed by atoms with Crippen LogP contribution in [0.2, 0.25) is 0 Å². The highest BCUT2D eigenvalue weighted by Gasteiger charge is 2.46. The summed E-state index contributed by atoms with van der Waals surface area (Å²) >= 11 is 0. The Hall–Kier alpha value is -7.68. The lowest BCUT2D eigenvalue weighted by molar-refractivity contribution is 0.768. The van der Waals surface area contributed by atoms with Crippen LogP contribution < -0.4 is 4.90 Å². The van der Waals surface area contributed by atoms with E-state index in [9.17, 15) is 0 Å². The molecule has 0 radical (unpaired) electrons. The van der Waals surface area contributed by atoms with Crippen LogP contribution in [0.3, 0.4) is 0 Å². The summed E-state index contributed by atoms with van der Waals surface area (Å²) in [6.45, 7) is 0. The van der Waals surface area contributed by atoms with Crippen molar-refractivity contribution in [2.75, 3.05) is 4.90 Å². The van der Waals surface area contributed by atoms with Gasteiger partial charge in [-0.2, -0.15) is 0 Å². The van der Waals surface area contributed by atoms with Crippen LogP contribution in [0.25, 0.3) is 60.2 Å². The molecule has 2 heterocycles. The monoisotopic (exact) mass is 750 g/mol.